The van der Waals surface area contributed by atoms with Crippen molar-refractivity contribution in [1.29, 1.82) is 0 Å². The number of aliphatic carboxylic acids is 1. The van der Waals surface area contributed by atoms with Gasteiger partial charge in [-0.3, -0.25) is 29.2 Å². The predicted molar refractivity (Wildman–Crippen MR) is 238 cm³/mol. The average Bonchev–Trinajstić information content (AvgIpc) is 3.95. The van der Waals surface area contributed by atoms with Crippen LogP contribution in [-0.2, 0) is 37.5 Å². The third-order valence-corrected chi connectivity index (χ3v) is 13.4. The summed E-state index contributed by atoms with van der Waals surface area (Å²) in [5.74, 6) is -4.90. The van der Waals surface area contributed by atoms with E-state index in [1.54, 1.807) is 0 Å². The monoisotopic (exact) mass is 1130 g/mol. The topological polar surface area (TPSA) is 147 Å². The lowest BCUT2D eigenvalue weighted by atomic mass is 9.76. The Labute approximate surface area is 422 Å². The molecule has 0 spiro atoms. The van der Waals surface area contributed by atoms with Crippen LogP contribution in [0, 0.1) is 0 Å². The number of ether oxygens (including phenoxy) is 1. The number of halogens is 18. The summed E-state index contributed by atoms with van der Waals surface area (Å²) in [5, 5.41) is 11.2. The summed E-state index contributed by atoms with van der Waals surface area (Å²) >= 11 is 35.3. The van der Waals surface area contributed by atoms with Gasteiger partial charge in [-0.2, -0.15) is 52.7 Å². The van der Waals surface area contributed by atoms with Gasteiger partial charge < -0.3 is 20.5 Å². The van der Waals surface area contributed by atoms with E-state index >= 15 is 0 Å². The van der Waals surface area contributed by atoms with E-state index in [4.69, 9.17) is 74.7 Å². The lowest BCUT2D eigenvalue weighted by Crippen LogP contribution is -2.43. The molecule has 0 aromatic heterocycles. The van der Waals surface area contributed by atoms with Crippen LogP contribution in [0.25, 0.3) is 0 Å². The molecule has 6 rings (SSSR count). The number of carbonyl (C=O) groups excluding carboxylic acids is 3. The van der Waals surface area contributed by atoms with Gasteiger partial charge in [-0.05, 0) is 70.8 Å². The Kier molecular flexibility index (Phi) is 17.0. The first-order valence-corrected chi connectivity index (χ1v) is 21.7. The van der Waals surface area contributed by atoms with Crippen LogP contribution >= 0.6 is 69.6 Å². The molecule has 3 N–H and O–H groups in total. The number of carboxylic acids is 1. The number of nitrogens with one attached hydrogen (secondary N) is 2. The van der Waals surface area contributed by atoms with E-state index in [0.717, 1.165) is 55.6 Å². The highest BCUT2D eigenvalue weighted by atomic mass is 35.5. The van der Waals surface area contributed by atoms with E-state index in [1.165, 1.54) is 0 Å². The van der Waals surface area contributed by atoms with Crippen molar-refractivity contribution in [3.05, 3.63) is 135 Å². The number of aliphatic imine (C=N–C) groups is 2. The molecule has 382 valence electrons. The minimum Gasteiger partial charge on any atom is -0.480 e. The maximum Gasteiger partial charge on any atom is 0.417 e. The molecule has 0 radical (unpaired) electrons. The van der Waals surface area contributed by atoms with E-state index in [-0.39, 0.29) is 63.8 Å². The molecule has 2 aliphatic rings. The zero-order valence-corrected chi connectivity index (χ0v) is 39.7. The largest absolute Gasteiger partial charge is 0.480 e. The summed E-state index contributed by atoms with van der Waals surface area (Å²) in [7, 11) is 1.03. The van der Waals surface area contributed by atoms with Crippen LogP contribution in [0.3, 0.4) is 0 Å². The summed E-state index contributed by atoms with van der Waals surface area (Å²) in [5.41, 5.74) is -11.6. The fourth-order valence-corrected chi connectivity index (χ4v) is 8.48. The van der Waals surface area contributed by atoms with Crippen molar-refractivity contribution in [2.75, 3.05) is 33.3 Å². The number of esters is 1. The van der Waals surface area contributed by atoms with Crippen LogP contribution in [0.2, 0.25) is 30.1 Å². The second-order valence-corrected chi connectivity index (χ2v) is 17.8. The second-order valence-electron chi connectivity index (χ2n) is 15.4. The number of carbonyl (C=O) groups is 4. The molecule has 0 saturated carbocycles. The van der Waals surface area contributed by atoms with Gasteiger partial charge in [-0.25, -0.2) is 0 Å². The number of hydrogen-bond acceptors (Lipinski definition) is 7. The van der Waals surface area contributed by atoms with Gasteiger partial charge in [0.25, 0.3) is 11.8 Å². The Morgan fingerprint density at radius 2 is 0.915 bits per heavy atom. The summed E-state index contributed by atoms with van der Waals surface area (Å²) in [4.78, 5) is 53.9. The molecule has 0 fully saturated rings. The number of methoxy groups -OCH3 is 1. The van der Waals surface area contributed by atoms with E-state index in [2.05, 4.69) is 14.7 Å². The summed E-state index contributed by atoms with van der Waals surface area (Å²) < 4.78 is 172. The number of amides is 2. The predicted octanol–water partition coefficient (Wildman–Crippen LogP) is 12.4. The third-order valence-electron chi connectivity index (χ3n) is 11.0. The van der Waals surface area contributed by atoms with Crippen molar-refractivity contribution in [3.8, 4) is 0 Å². The van der Waals surface area contributed by atoms with Gasteiger partial charge in [0.2, 0.25) is 0 Å². The Bertz CT molecular complexity index is 2810. The van der Waals surface area contributed by atoms with Gasteiger partial charge >= 0.3 is 36.6 Å². The number of rotatable bonds is 10. The van der Waals surface area contributed by atoms with Gasteiger partial charge in [0.1, 0.15) is 23.9 Å². The number of carboxylic acid groups (broad SMARTS) is 1. The smallest absolute Gasteiger partial charge is 0.417 e. The van der Waals surface area contributed by atoms with E-state index in [9.17, 15) is 71.9 Å². The van der Waals surface area contributed by atoms with E-state index in [1.807, 2.05) is 10.6 Å². The summed E-state index contributed by atoms with van der Waals surface area (Å²) in [6.07, 6.45) is -21.5. The minimum atomic E-state index is -5.07. The van der Waals surface area contributed by atoms with Crippen LogP contribution in [0.15, 0.2) is 70.6 Å². The molecule has 4 aromatic rings. The first-order chi connectivity index (χ1) is 32.7. The number of hydrogen-bond donors (Lipinski definition) is 3. The lowest BCUT2D eigenvalue weighted by molar-refractivity contribution is -0.184. The van der Waals surface area contributed by atoms with Gasteiger partial charge in [-0.1, -0.05) is 81.7 Å². The van der Waals surface area contributed by atoms with Crippen molar-refractivity contribution in [2.24, 2.45) is 9.98 Å². The van der Waals surface area contributed by atoms with Crippen LogP contribution in [-0.4, -0.2) is 85.9 Å². The van der Waals surface area contributed by atoms with Crippen LogP contribution < -0.4 is 10.6 Å². The standard InChI is InChI=1S/C22H15Cl3F6N2O3.C21H13Cl3F6N2O3/c1-36-17(34)8-32-19(35)12-3-2-10(4-13(12)21(26,27)28)16-7-20(9-33-16,22(29,30)31)11-5-14(23)18(25)15(24)6-11;22-13-4-10(5-14(23)17(13)24)19(21(28,29)30)6-15(32-8-19)9-1-2-11(12(3-9)20(25,26)27)18(35)31-7-16(33)34/h2-6H,7-9H2,1H3,(H,32,35);1-5H,6-8H2,(H,31,35)(H,33,34). The van der Waals surface area contributed by atoms with Crippen LogP contribution in [0.5, 0.6) is 0 Å². The van der Waals surface area contributed by atoms with Gasteiger partial charge in [0.15, 0.2) is 0 Å². The normalized spacial score (nSPS) is 18.2. The maximum absolute atomic E-state index is 14.3. The molecule has 2 unspecified atom stereocenters. The molecule has 2 atom stereocenters. The fourth-order valence-electron chi connectivity index (χ4n) is 7.28. The minimum absolute atomic E-state index is 0.144. The second kappa shape index (κ2) is 21.2. The molecule has 0 bridgehead atoms. The number of alkyl halides is 12. The molecular formula is C43H28Cl6F12N4O6. The molecule has 2 aliphatic heterocycles. The highest BCUT2D eigenvalue weighted by Gasteiger charge is 2.60. The Hall–Kier alpha value is -5.00. The molecule has 4 aromatic carbocycles. The summed E-state index contributed by atoms with van der Waals surface area (Å²) in [6, 6.07) is 8.63. The lowest BCUT2D eigenvalue weighted by Gasteiger charge is -2.32. The molecule has 28 heteroatoms. The maximum atomic E-state index is 14.3. The number of nitrogens with zero attached hydrogens (tertiary/aromatic N) is 2. The van der Waals surface area contributed by atoms with Crippen molar-refractivity contribution >= 4 is 105 Å². The van der Waals surface area contributed by atoms with Gasteiger partial charge in [0, 0.05) is 24.3 Å². The highest BCUT2D eigenvalue weighted by molar-refractivity contribution is 6.48. The molecule has 0 saturated heterocycles. The molecule has 2 heterocycles. The quantitative estimate of drug-likeness (QED) is 0.0819. The zero-order chi connectivity index (χ0) is 53.4. The van der Waals surface area contributed by atoms with Crippen molar-refractivity contribution in [1.82, 2.24) is 10.6 Å². The molecule has 0 aliphatic carbocycles. The first kappa shape index (κ1) is 56.9. The Morgan fingerprint density at radius 1 is 0.577 bits per heavy atom. The third kappa shape index (κ3) is 12.3. The average molecular weight is 1140 g/mol. The van der Waals surface area contributed by atoms with Crippen LogP contribution in [0.4, 0.5) is 52.7 Å². The molecule has 2 amide bonds. The Morgan fingerprint density at radius 3 is 1.21 bits per heavy atom. The van der Waals surface area contributed by atoms with E-state index < -0.39 is 121 Å². The van der Waals surface area contributed by atoms with Gasteiger partial charge in [0.05, 0.1) is 72.6 Å². The molecule has 71 heavy (non-hydrogen) atoms. The first-order valence-electron chi connectivity index (χ1n) is 19.5. The fraction of sp³-hybridized carbons (Fsp3) is 0.302. The number of benzene rings is 4. The van der Waals surface area contributed by atoms with E-state index in [0.29, 0.717) is 12.1 Å². The SMILES string of the molecule is COC(=O)CNC(=O)c1ccc(C2=NCC(c3cc(Cl)c(Cl)c(Cl)c3)(C(F)(F)F)C2)cc1C(F)(F)F.O=C(O)CNC(=O)c1ccc(C2=NCC(c3cc(Cl)c(Cl)c(Cl)c3)(C(F)(F)F)C2)cc1C(F)(F)F. The molecular weight excluding hydrogens is 1110 g/mol. The summed E-state index contributed by atoms with van der Waals surface area (Å²) in [6.45, 7) is -3.28. The van der Waals surface area contributed by atoms with Crippen molar-refractivity contribution in [2.45, 2.75) is 48.4 Å². The van der Waals surface area contributed by atoms with Crippen molar-refractivity contribution < 1.29 is 81.7 Å². The van der Waals surface area contributed by atoms with Crippen molar-refractivity contribution in [3.63, 3.8) is 0 Å². The molecule has 10 nitrogen and oxygen atoms in total. The Balaban J connectivity index is 0.000000264. The van der Waals surface area contributed by atoms with Gasteiger partial charge in [-0.15, -0.1) is 0 Å². The highest BCUT2D eigenvalue weighted by Crippen LogP contribution is 2.52. The van der Waals surface area contributed by atoms with Crippen LogP contribution in [0.1, 0.15) is 66.9 Å². The zero-order valence-electron chi connectivity index (χ0n) is 35.2.